The Labute approximate surface area is 230 Å². The zero-order valence-corrected chi connectivity index (χ0v) is 21.6. The van der Waals surface area contributed by atoms with Crippen LogP contribution in [0, 0.1) is 0 Å². The third-order valence-electron chi connectivity index (χ3n) is 8.32. The lowest BCUT2D eigenvalue weighted by molar-refractivity contribution is 1.08. The summed E-state index contributed by atoms with van der Waals surface area (Å²) in [5.74, 6) is 0.921. The predicted molar refractivity (Wildman–Crippen MR) is 167 cm³/mol. The molecular weight excluding hydrogens is 486 g/mol. The number of benzene rings is 5. The summed E-state index contributed by atoms with van der Waals surface area (Å²) in [7, 11) is 0. The van der Waals surface area contributed by atoms with Gasteiger partial charge < -0.3 is 4.40 Å². The average molecular weight is 510 g/mol. The van der Waals surface area contributed by atoms with Crippen molar-refractivity contribution in [2.24, 2.45) is 0 Å². The third kappa shape index (κ3) is 2.92. The number of fused-ring (bicyclic) bond motifs is 11. The quantitative estimate of drug-likeness (QED) is 0.213. The van der Waals surface area contributed by atoms with Gasteiger partial charge in [-0.1, -0.05) is 84.9 Å². The Bertz CT molecular complexity index is 2430. The van der Waals surface area contributed by atoms with Crippen LogP contribution >= 0.6 is 0 Å². The summed E-state index contributed by atoms with van der Waals surface area (Å²) >= 11 is 0. The second kappa shape index (κ2) is 8.05. The fraction of sp³-hybridized carbons (Fsp3) is 0. The average Bonchev–Trinajstić information content (AvgIpc) is 3.57. The van der Waals surface area contributed by atoms with Gasteiger partial charge in [-0.2, -0.15) is 0 Å². The van der Waals surface area contributed by atoms with Crippen molar-refractivity contribution in [1.82, 2.24) is 14.0 Å². The van der Waals surface area contributed by atoms with Crippen molar-refractivity contribution < 1.29 is 0 Å². The summed E-state index contributed by atoms with van der Waals surface area (Å²) in [6.07, 6.45) is 1.92. The molecule has 0 aliphatic heterocycles. The van der Waals surface area contributed by atoms with Crippen molar-refractivity contribution >= 4 is 59.9 Å². The first-order chi connectivity index (χ1) is 19.8. The van der Waals surface area contributed by atoms with Crippen molar-refractivity contribution in [2.45, 2.75) is 0 Å². The van der Waals surface area contributed by atoms with Gasteiger partial charge >= 0.3 is 0 Å². The molecule has 0 saturated carbocycles. The van der Waals surface area contributed by atoms with Gasteiger partial charge in [0.05, 0.1) is 27.6 Å². The van der Waals surface area contributed by atoms with E-state index in [9.17, 15) is 0 Å². The summed E-state index contributed by atoms with van der Waals surface area (Å²) < 4.78 is 4.74. The molecule has 0 atom stereocenters. The molecular formula is C37H23N3. The van der Waals surface area contributed by atoms with Gasteiger partial charge in [0.1, 0.15) is 5.82 Å². The van der Waals surface area contributed by atoms with Gasteiger partial charge in [0.2, 0.25) is 0 Å². The van der Waals surface area contributed by atoms with E-state index in [0.29, 0.717) is 0 Å². The lowest BCUT2D eigenvalue weighted by Crippen LogP contribution is -1.98. The first kappa shape index (κ1) is 21.5. The Balaban J connectivity index is 1.46. The van der Waals surface area contributed by atoms with Crippen LogP contribution in [0.1, 0.15) is 0 Å². The summed E-state index contributed by atoms with van der Waals surface area (Å²) in [5.41, 5.74) is 8.34. The van der Waals surface area contributed by atoms with E-state index in [1.807, 2.05) is 6.20 Å². The van der Waals surface area contributed by atoms with Crippen molar-refractivity contribution in [3.05, 3.63) is 140 Å². The minimum atomic E-state index is 0.921. The molecule has 0 aliphatic carbocycles. The highest BCUT2D eigenvalue weighted by Gasteiger charge is 2.18. The van der Waals surface area contributed by atoms with Crippen LogP contribution in [-0.4, -0.2) is 14.0 Å². The SMILES string of the molecule is c1ccc(-c2ccnc(-n3c4ccccc4c4cc5c6ccccc6n6c7ccccc7cc6c5cc43)c2)cc1. The Kier molecular flexibility index (Phi) is 4.33. The molecule has 0 fully saturated rings. The molecule has 3 nitrogen and oxygen atoms in total. The highest BCUT2D eigenvalue weighted by molar-refractivity contribution is 6.22. The standard InChI is InChI=1S/C37H23N3/c1-2-10-24(11-3-1)25-18-19-38-37(21-25)40-34-17-9-6-14-28(34)30-22-29-27-13-5-8-16-33(27)39-32-15-7-4-12-26(32)20-35(39)31(29)23-36(30)40/h1-23H. The minimum absolute atomic E-state index is 0.921. The van der Waals surface area contributed by atoms with E-state index in [-0.39, 0.29) is 0 Å². The van der Waals surface area contributed by atoms with Crippen LogP contribution in [0.15, 0.2) is 140 Å². The van der Waals surface area contributed by atoms with Gasteiger partial charge in [0, 0.05) is 33.1 Å². The molecule has 0 unspecified atom stereocenters. The number of para-hydroxylation sites is 3. The van der Waals surface area contributed by atoms with Gasteiger partial charge in [-0.3, -0.25) is 4.57 Å². The van der Waals surface area contributed by atoms with Crippen LogP contribution in [0.3, 0.4) is 0 Å². The largest absolute Gasteiger partial charge is 0.309 e. The maximum Gasteiger partial charge on any atom is 0.138 e. The van der Waals surface area contributed by atoms with Crippen molar-refractivity contribution in [1.29, 1.82) is 0 Å². The Morgan fingerprint density at radius 2 is 1.07 bits per heavy atom. The van der Waals surface area contributed by atoms with Crippen molar-refractivity contribution in [2.75, 3.05) is 0 Å². The Morgan fingerprint density at radius 3 is 1.93 bits per heavy atom. The van der Waals surface area contributed by atoms with Crippen LogP contribution < -0.4 is 0 Å². The zero-order chi connectivity index (χ0) is 26.2. The zero-order valence-electron chi connectivity index (χ0n) is 21.6. The van der Waals surface area contributed by atoms with Gasteiger partial charge in [0.25, 0.3) is 0 Å². The highest BCUT2D eigenvalue weighted by atomic mass is 15.1. The van der Waals surface area contributed by atoms with Crippen LogP contribution in [-0.2, 0) is 0 Å². The normalized spacial score (nSPS) is 12.0. The summed E-state index contributed by atoms with van der Waals surface area (Å²) in [6, 6.07) is 48.0. The maximum atomic E-state index is 4.89. The maximum absolute atomic E-state index is 4.89. The minimum Gasteiger partial charge on any atom is -0.309 e. The van der Waals surface area contributed by atoms with E-state index >= 15 is 0 Å². The number of pyridine rings is 2. The topological polar surface area (TPSA) is 22.2 Å². The highest BCUT2D eigenvalue weighted by Crippen LogP contribution is 2.40. The Hall–Kier alpha value is -5.41. The molecule has 9 aromatic rings. The van der Waals surface area contributed by atoms with E-state index in [2.05, 4.69) is 142 Å². The van der Waals surface area contributed by atoms with Crippen LogP contribution in [0.4, 0.5) is 0 Å². The third-order valence-corrected chi connectivity index (χ3v) is 8.32. The lowest BCUT2D eigenvalue weighted by atomic mass is 10.0. The van der Waals surface area contributed by atoms with Crippen molar-refractivity contribution in [3.8, 4) is 16.9 Å². The summed E-state index contributed by atoms with van der Waals surface area (Å²) in [6.45, 7) is 0. The molecule has 4 aromatic heterocycles. The molecule has 0 amide bonds. The molecule has 40 heavy (non-hydrogen) atoms. The van der Waals surface area contributed by atoms with Crippen LogP contribution in [0.2, 0.25) is 0 Å². The van der Waals surface area contributed by atoms with Crippen LogP contribution in [0.25, 0.3) is 76.8 Å². The molecule has 0 saturated heterocycles. The molecule has 0 spiro atoms. The molecule has 5 aromatic carbocycles. The first-order valence-corrected chi connectivity index (χ1v) is 13.6. The number of hydrogen-bond acceptors (Lipinski definition) is 1. The molecule has 0 radical (unpaired) electrons. The van der Waals surface area contributed by atoms with E-state index in [1.54, 1.807) is 0 Å². The monoisotopic (exact) mass is 509 g/mol. The molecule has 0 N–H and O–H groups in total. The predicted octanol–water partition coefficient (Wildman–Crippen LogP) is 9.56. The fourth-order valence-electron chi connectivity index (χ4n) is 6.56. The summed E-state index contributed by atoms with van der Waals surface area (Å²) in [4.78, 5) is 4.89. The molecule has 0 bridgehead atoms. The van der Waals surface area contributed by atoms with E-state index in [4.69, 9.17) is 4.98 Å². The lowest BCUT2D eigenvalue weighted by Gasteiger charge is -2.12. The van der Waals surface area contributed by atoms with Gasteiger partial charge in [-0.15, -0.1) is 0 Å². The molecule has 3 heteroatoms. The molecule has 0 aliphatic rings. The first-order valence-electron chi connectivity index (χ1n) is 13.6. The molecule has 9 rings (SSSR count). The Morgan fingerprint density at radius 1 is 0.400 bits per heavy atom. The number of aromatic nitrogens is 3. The number of nitrogens with zero attached hydrogens (tertiary/aromatic N) is 3. The summed E-state index contributed by atoms with van der Waals surface area (Å²) in [5, 5.41) is 7.49. The molecule has 186 valence electrons. The van der Waals surface area contributed by atoms with Gasteiger partial charge in [-0.05, 0) is 65.0 Å². The van der Waals surface area contributed by atoms with Gasteiger partial charge in [0.15, 0.2) is 0 Å². The van der Waals surface area contributed by atoms with Gasteiger partial charge in [-0.25, -0.2) is 4.98 Å². The van der Waals surface area contributed by atoms with E-state index < -0.39 is 0 Å². The second-order valence-corrected chi connectivity index (χ2v) is 10.5. The van der Waals surface area contributed by atoms with E-state index in [1.165, 1.54) is 54.4 Å². The van der Waals surface area contributed by atoms with Crippen molar-refractivity contribution in [3.63, 3.8) is 0 Å². The number of hydrogen-bond donors (Lipinski definition) is 0. The number of rotatable bonds is 2. The van der Waals surface area contributed by atoms with Crippen LogP contribution in [0.5, 0.6) is 0 Å². The smallest absolute Gasteiger partial charge is 0.138 e. The molecule has 4 heterocycles. The second-order valence-electron chi connectivity index (χ2n) is 10.5. The fourth-order valence-corrected chi connectivity index (χ4v) is 6.56. The van der Waals surface area contributed by atoms with E-state index in [0.717, 1.165) is 22.4 Å².